The van der Waals surface area contributed by atoms with E-state index in [-0.39, 0.29) is 43.5 Å². The van der Waals surface area contributed by atoms with Crippen LogP contribution in [0.1, 0.15) is 18.4 Å². The summed E-state index contributed by atoms with van der Waals surface area (Å²) in [6.45, 7) is 1.61. The Kier molecular flexibility index (Phi) is 7.39. The van der Waals surface area contributed by atoms with Gasteiger partial charge in [0.2, 0.25) is 15.9 Å². The van der Waals surface area contributed by atoms with Crippen molar-refractivity contribution in [1.29, 1.82) is 0 Å². The van der Waals surface area contributed by atoms with E-state index in [4.69, 9.17) is 9.47 Å². The monoisotopic (exact) mass is 491 g/mol. The lowest BCUT2D eigenvalue weighted by Crippen LogP contribution is -2.52. The van der Waals surface area contributed by atoms with Crippen LogP contribution in [-0.2, 0) is 21.4 Å². The fraction of sp³-hybridized carbons (Fsp3) is 0.458. The molecule has 34 heavy (non-hydrogen) atoms. The van der Waals surface area contributed by atoms with Gasteiger partial charge in [-0.3, -0.25) is 9.69 Å². The Labute approximate surface area is 199 Å². The molecule has 8 nitrogen and oxygen atoms in total. The first-order chi connectivity index (χ1) is 16.3. The molecule has 0 spiro atoms. The number of methoxy groups -OCH3 is 2. The highest BCUT2D eigenvalue weighted by molar-refractivity contribution is 7.89. The summed E-state index contributed by atoms with van der Waals surface area (Å²) in [4.78, 5) is 16.6. The topological polar surface area (TPSA) is 79.4 Å². The van der Waals surface area contributed by atoms with Crippen LogP contribution in [0.2, 0.25) is 0 Å². The number of benzene rings is 2. The number of ether oxygens (including phenoxy) is 2. The highest BCUT2D eigenvalue weighted by atomic mass is 32.2. The Morgan fingerprint density at radius 1 is 1.06 bits per heavy atom. The third kappa shape index (κ3) is 5.34. The fourth-order valence-corrected chi connectivity index (χ4v) is 5.71. The highest BCUT2D eigenvalue weighted by Crippen LogP contribution is 2.32. The van der Waals surface area contributed by atoms with Crippen LogP contribution in [0.5, 0.6) is 11.5 Å². The average Bonchev–Trinajstić information content (AvgIpc) is 3.69. The zero-order valence-electron chi connectivity index (χ0n) is 19.4. The van der Waals surface area contributed by atoms with Crippen LogP contribution in [-0.4, -0.2) is 81.4 Å². The number of amides is 1. The number of rotatable bonds is 9. The molecule has 1 saturated heterocycles. The summed E-state index contributed by atoms with van der Waals surface area (Å²) >= 11 is 0. The van der Waals surface area contributed by atoms with Crippen molar-refractivity contribution in [2.75, 3.05) is 46.9 Å². The van der Waals surface area contributed by atoms with E-state index in [1.165, 1.54) is 22.5 Å². The smallest absolute Gasteiger partial charge is 0.246 e. The van der Waals surface area contributed by atoms with Gasteiger partial charge in [-0.15, -0.1) is 0 Å². The lowest BCUT2D eigenvalue weighted by molar-refractivity contribution is -0.133. The zero-order valence-corrected chi connectivity index (χ0v) is 20.3. The van der Waals surface area contributed by atoms with Gasteiger partial charge < -0.3 is 14.4 Å². The van der Waals surface area contributed by atoms with Crippen molar-refractivity contribution in [3.63, 3.8) is 0 Å². The van der Waals surface area contributed by atoms with E-state index >= 15 is 0 Å². The molecular weight excluding hydrogens is 461 g/mol. The molecule has 184 valence electrons. The van der Waals surface area contributed by atoms with Crippen LogP contribution in [0.4, 0.5) is 4.39 Å². The SMILES string of the molecule is COc1ccc(OC)c(CN(CC(=O)N2CCN(S(=O)(=O)c3ccccc3F)CC2)C2CC2)c1. The maximum atomic E-state index is 14.1. The molecule has 1 saturated carbocycles. The molecule has 4 rings (SSSR count). The first kappa shape index (κ1) is 24.4. The van der Waals surface area contributed by atoms with Crippen molar-refractivity contribution in [3.05, 3.63) is 53.8 Å². The lowest BCUT2D eigenvalue weighted by atomic mass is 10.1. The van der Waals surface area contributed by atoms with Crippen molar-refractivity contribution >= 4 is 15.9 Å². The van der Waals surface area contributed by atoms with E-state index in [0.29, 0.717) is 12.6 Å². The molecule has 1 aliphatic heterocycles. The zero-order chi connectivity index (χ0) is 24.3. The third-order valence-electron chi connectivity index (χ3n) is 6.31. The second kappa shape index (κ2) is 10.3. The van der Waals surface area contributed by atoms with Crippen LogP contribution >= 0.6 is 0 Å². The molecule has 0 bridgehead atoms. The van der Waals surface area contributed by atoms with Crippen LogP contribution in [0.15, 0.2) is 47.4 Å². The quantitative estimate of drug-likeness (QED) is 0.536. The largest absolute Gasteiger partial charge is 0.497 e. The molecule has 2 fully saturated rings. The molecule has 1 heterocycles. The first-order valence-electron chi connectivity index (χ1n) is 11.3. The summed E-state index contributed by atoms with van der Waals surface area (Å²) in [6, 6.07) is 11.3. The van der Waals surface area contributed by atoms with Gasteiger partial charge >= 0.3 is 0 Å². The maximum Gasteiger partial charge on any atom is 0.246 e. The molecule has 0 aromatic heterocycles. The van der Waals surface area contributed by atoms with Crippen molar-refractivity contribution in [2.45, 2.75) is 30.3 Å². The Hall–Kier alpha value is -2.69. The Balaban J connectivity index is 1.39. The van der Waals surface area contributed by atoms with Crippen LogP contribution < -0.4 is 9.47 Å². The standard InChI is InChI=1S/C24H30FN3O5S/c1-32-20-9-10-22(33-2)18(15-20)16-27(19-7-8-19)17-24(29)26-11-13-28(14-12-26)34(30,31)23-6-4-3-5-21(23)25/h3-6,9-10,15,19H,7-8,11-14,16-17H2,1-2H3. The second-order valence-electron chi connectivity index (χ2n) is 8.53. The molecule has 2 aromatic rings. The second-order valence-corrected chi connectivity index (χ2v) is 10.4. The fourth-order valence-electron chi connectivity index (χ4n) is 4.22. The predicted octanol–water partition coefficient (Wildman–Crippen LogP) is 2.34. The first-order valence-corrected chi connectivity index (χ1v) is 12.7. The van der Waals surface area contributed by atoms with Crippen molar-refractivity contribution < 1.29 is 27.1 Å². The van der Waals surface area contributed by atoms with Gasteiger partial charge in [-0.2, -0.15) is 4.31 Å². The highest BCUT2D eigenvalue weighted by Gasteiger charge is 2.35. The minimum atomic E-state index is -3.94. The van der Waals surface area contributed by atoms with E-state index in [9.17, 15) is 17.6 Å². The predicted molar refractivity (Wildman–Crippen MR) is 125 cm³/mol. The van der Waals surface area contributed by atoms with E-state index in [1.807, 2.05) is 18.2 Å². The van der Waals surface area contributed by atoms with Gasteiger partial charge in [-0.1, -0.05) is 12.1 Å². The Bertz CT molecular complexity index is 1130. The van der Waals surface area contributed by atoms with E-state index < -0.39 is 15.8 Å². The number of hydrogen-bond acceptors (Lipinski definition) is 6. The number of piperazine rings is 1. The van der Waals surface area contributed by atoms with Gasteiger partial charge in [-0.25, -0.2) is 12.8 Å². The van der Waals surface area contributed by atoms with Gasteiger partial charge in [0, 0.05) is 44.3 Å². The lowest BCUT2D eigenvalue weighted by Gasteiger charge is -2.35. The van der Waals surface area contributed by atoms with Gasteiger partial charge in [0.15, 0.2) is 0 Å². The molecule has 0 N–H and O–H groups in total. The molecule has 0 radical (unpaired) electrons. The van der Waals surface area contributed by atoms with Crippen LogP contribution in [0.3, 0.4) is 0 Å². The van der Waals surface area contributed by atoms with Crippen LogP contribution in [0.25, 0.3) is 0 Å². The summed E-state index contributed by atoms with van der Waals surface area (Å²) in [5, 5.41) is 0. The van der Waals surface area contributed by atoms with Gasteiger partial charge in [0.1, 0.15) is 22.2 Å². The van der Waals surface area contributed by atoms with Gasteiger partial charge in [0.05, 0.1) is 20.8 Å². The van der Waals surface area contributed by atoms with Crippen molar-refractivity contribution in [1.82, 2.24) is 14.1 Å². The number of nitrogens with zero attached hydrogens (tertiary/aromatic N) is 3. The molecular formula is C24H30FN3O5S. The molecule has 2 aromatic carbocycles. The third-order valence-corrected chi connectivity index (χ3v) is 8.24. The van der Waals surface area contributed by atoms with E-state index in [2.05, 4.69) is 4.90 Å². The number of carbonyl (C=O) groups is 1. The minimum Gasteiger partial charge on any atom is -0.497 e. The van der Waals surface area contributed by atoms with Crippen molar-refractivity contribution in [2.24, 2.45) is 0 Å². The average molecular weight is 492 g/mol. The number of sulfonamides is 1. The summed E-state index contributed by atoms with van der Waals surface area (Å²) in [5.41, 5.74) is 0.947. The number of halogens is 1. The molecule has 0 atom stereocenters. The molecule has 1 aliphatic carbocycles. The Morgan fingerprint density at radius 2 is 1.76 bits per heavy atom. The van der Waals surface area contributed by atoms with Gasteiger partial charge in [0.25, 0.3) is 0 Å². The van der Waals surface area contributed by atoms with Crippen molar-refractivity contribution in [3.8, 4) is 11.5 Å². The van der Waals surface area contributed by atoms with E-state index in [1.54, 1.807) is 19.1 Å². The number of hydrogen-bond donors (Lipinski definition) is 0. The summed E-state index contributed by atoms with van der Waals surface area (Å²) in [6.07, 6.45) is 2.07. The van der Waals surface area contributed by atoms with Crippen LogP contribution in [0, 0.1) is 5.82 Å². The maximum absolute atomic E-state index is 14.1. The summed E-state index contributed by atoms with van der Waals surface area (Å²) in [7, 11) is -0.710. The molecule has 1 amide bonds. The molecule has 2 aliphatic rings. The Morgan fingerprint density at radius 3 is 2.38 bits per heavy atom. The molecule has 10 heteroatoms. The number of carbonyl (C=O) groups excluding carboxylic acids is 1. The van der Waals surface area contributed by atoms with Gasteiger partial charge in [-0.05, 0) is 43.2 Å². The summed E-state index contributed by atoms with van der Waals surface area (Å²) in [5.74, 6) is 0.654. The molecule has 0 unspecified atom stereocenters. The normalized spacial score (nSPS) is 17.1. The summed E-state index contributed by atoms with van der Waals surface area (Å²) < 4.78 is 51.8. The minimum absolute atomic E-state index is 0.0447. The van der Waals surface area contributed by atoms with E-state index in [0.717, 1.165) is 36.0 Å².